The molecule has 3 N–H and O–H groups in total. The Morgan fingerprint density at radius 1 is 1.15 bits per heavy atom. The van der Waals surface area contributed by atoms with Crippen molar-refractivity contribution in [2.75, 3.05) is 33.1 Å². The van der Waals surface area contributed by atoms with Crippen molar-refractivity contribution in [2.24, 2.45) is 10.7 Å². The van der Waals surface area contributed by atoms with Crippen LogP contribution < -0.4 is 20.5 Å². The van der Waals surface area contributed by atoms with Gasteiger partial charge in [-0.3, -0.25) is 4.99 Å². The van der Waals surface area contributed by atoms with Gasteiger partial charge in [-0.05, 0) is 37.0 Å². The first kappa shape index (κ1) is 22.1. The number of rotatable bonds is 8. The zero-order valence-corrected chi connectivity index (χ0v) is 18.5. The van der Waals surface area contributed by atoms with Gasteiger partial charge in [-0.2, -0.15) is 0 Å². The number of aliphatic imine (C=N–C) groups is 1. The van der Waals surface area contributed by atoms with E-state index in [0.29, 0.717) is 19.3 Å². The molecular formula is C20H32IN3O3. The molecule has 1 aromatic carbocycles. The average molecular weight is 489 g/mol. The van der Waals surface area contributed by atoms with Gasteiger partial charge in [0.25, 0.3) is 0 Å². The van der Waals surface area contributed by atoms with Gasteiger partial charge in [-0.1, -0.05) is 32.3 Å². The molecule has 1 saturated heterocycles. The van der Waals surface area contributed by atoms with Crippen molar-refractivity contribution in [1.29, 1.82) is 0 Å². The maximum atomic E-state index is 6.10. The fourth-order valence-corrected chi connectivity index (χ4v) is 3.59. The van der Waals surface area contributed by atoms with Crippen molar-refractivity contribution in [3.05, 3.63) is 23.8 Å². The summed E-state index contributed by atoms with van der Waals surface area (Å²) >= 11 is 0. The first-order chi connectivity index (χ1) is 12.7. The van der Waals surface area contributed by atoms with Gasteiger partial charge < -0.3 is 25.3 Å². The van der Waals surface area contributed by atoms with Gasteiger partial charge in [0.15, 0.2) is 17.5 Å². The van der Waals surface area contributed by atoms with E-state index >= 15 is 0 Å². The Morgan fingerprint density at radius 3 is 2.70 bits per heavy atom. The largest absolute Gasteiger partial charge is 0.454 e. The zero-order chi connectivity index (χ0) is 18.2. The monoisotopic (exact) mass is 489 g/mol. The molecule has 0 spiro atoms. The molecule has 3 rings (SSSR count). The number of nitrogens with zero attached hydrogens (tertiary/aromatic N) is 1. The van der Waals surface area contributed by atoms with Crippen LogP contribution in [0.2, 0.25) is 0 Å². The SMILES string of the molecule is CCCCCCNC(N)=NCC1(c2ccc3c(c2)OCO3)CCOCC1.I. The molecule has 0 saturated carbocycles. The van der Waals surface area contributed by atoms with Gasteiger partial charge in [0, 0.05) is 25.2 Å². The molecule has 0 radical (unpaired) electrons. The average Bonchev–Trinajstić information content (AvgIpc) is 3.15. The van der Waals surface area contributed by atoms with Crippen molar-refractivity contribution in [1.82, 2.24) is 5.32 Å². The number of nitrogens with one attached hydrogen (secondary N) is 1. The lowest BCUT2D eigenvalue weighted by Crippen LogP contribution is -2.39. The Balaban J connectivity index is 0.00000261. The highest BCUT2D eigenvalue weighted by atomic mass is 127. The Labute approximate surface area is 179 Å². The molecule has 152 valence electrons. The molecule has 1 aromatic rings. The van der Waals surface area contributed by atoms with E-state index in [9.17, 15) is 0 Å². The van der Waals surface area contributed by atoms with Gasteiger partial charge in [-0.25, -0.2) is 0 Å². The summed E-state index contributed by atoms with van der Waals surface area (Å²) in [4.78, 5) is 4.66. The first-order valence-electron chi connectivity index (χ1n) is 9.75. The number of fused-ring (bicyclic) bond motifs is 1. The number of ether oxygens (including phenoxy) is 3. The topological polar surface area (TPSA) is 78.1 Å². The van der Waals surface area contributed by atoms with E-state index in [-0.39, 0.29) is 29.4 Å². The molecule has 1 fully saturated rings. The number of guanidine groups is 1. The Bertz CT molecular complexity index is 618. The van der Waals surface area contributed by atoms with Gasteiger partial charge in [0.05, 0.1) is 6.54 Å². The zero-order valence-electron chi connectivity index (χ0n) is 16.2. The third-order valence-corrected chi connectivity index (χ3v) is 5.32. The number of hydrogen-bond donors (Lipinski definition) is 2. The third kappa shape index (κ3) is 5.88. The van der Waals surface area contributed by atoms with Gasteiger partial charge >= 0.3 is 0 Å². The number of nitrogens with two attached hydrogens (primary N) is 1. The summed E-state index contributed by atoms with van der Waals surface area (Å²) < 4.78 is 16.6. The highest BCUT2D eigenvalue weighted by Crippen LogP contribution is 2.41. The number of unbranched alkanes of at least 4 members (excludes halogenated alkanes) is 3. The smallest absolute Gasteiger partial charge is 0.231 e. The molecule has 2 aliphatic rings. The van der Waals surface area contributed by atoms with Gasteiger partial charge in [-0.15, -0.1) is 24.0 Å². The van der Waals surface area contributed by atoms with Crippen LogP contribution in [0.1, 0.15) is 51.0 Å². The summed E-state index contributed by atoms with van der Waals surface area (Å²) in [5.74, 6) is 2.17. The minimum absolute atomic E-state index is 0. The lowest BCUT2D eigenvalue weighted by Gasteiger charge is -2.36. The van der Waals surface area contributed by atoms with Gasteiger partial charge in [0.1, 0.15) is 0 Å². The number of halogens is 1. The van der Waals surface area contributed by atoms with Crippen LogP contribution in [0.15, 0.2) is 23.2 Å². The van der Waals surface area contributed by atoms with Crippen molar-refractivity contribution >= 4 is 29.9 Å². The fourth-order valence-electron chi connectivity index (χ4n) is 3.59. The lowest BCUT2D eigenvalue weighted by atomic mass is 9.74. The third-order valence-electron chi connectivity index (χ3n) is 5.32. The quantitative estimate of drug-likeness (QED) is 0.253. The number of hydrogen-bond acceptors (Lipinski definition) is 4. The van der Waals surface area contributed by atoms with Crippen LogP contribution in [0, 0.1) is 0 Å². The molecule has 0 aliphatic carbocycles. The van der Waals surface area contributed by atoms with E-state index in [1.54, 1.807) is 0 Å². The minimum Gasteiger partial charge on any atom is -0.454 e. The van der Waals surface area contributed by atoms with Crippen LogP contribution in [0.4, 0.5) is 0 Å². The summed E-state index contributed by atoms with van der Waals surface area (Å²) in [6.45, 7) is 5.54. The first-order valence-corrected chi connectivity index (χ1v) is 9.75. The van der Waals surface area contributed by atoms with Crippen molar-refractivity contribution in [3.63, 3.8) is 0 Å². The molecule has 0 bridgehead atoms. The molecule has 7 heteroatoms. The molecule has 2 heterocycles. The maximum Gasteiger partial charge on any atom is 0.231 e. The van der Waals surface area contributed by atoms with Crippen LogP contribution in [-0.4, -0.2) is 39.1 Å². The fraction of sp³-hybridized carbons (Fsp3) is 0.650. The standard InChI is InChI=1S/C20H31N3O3.HI/c1-2-3-4-5-10-22-19(21)23-14-20(8-11-24-12-9-20)16-6-7-17-18(13-16)26-15-25-17;/h6-7,13H,2-5,8-12,14-15H2,1H3,(H3,21,22,23);1H. The Kier molecular flexibility index (Phi) is 8.95. The predicted octanol–water partition coefficient (Wildman–Crippen LogP) is 3.57. The second kappa shape index (κ2) is 10.9. The molecule has 27 heavy (non-hydrogen) atoms. The van der Waals surface area contributed by atoms with Crippen molar-refractivity contribution in [2.45, 2.75) is 50.9 Å². The van der Waals surface area contributed by atoms with E-state index in [2.05, 4.69) is 29.4 Å². The van der Waals surface area contributed by atoms with E-state index in [4.69, 9.17) is 19.9 Å². The summed E-state index contributed by atoms with van der Waals surface area (Å²) in [5.41, 5.74) is 7.26. The van der Waals surface area contributed by atoms with E-state index in [1.807, 2.05) is 6.07 Å². The van der Waals surface area contributed by atoms with Crippen molar-refractivity contribution < 1.29 is 14.2 Å². The predicted molar refractivity (Wildman–Crippen MR) is 118 cm³/mol. The maximum absolute atomic E-state index is 6.10. The van der Waals surface area contributed by atoms with Crippen LogP contribution in [-0.2, 0) is 10.2 Å². The van der Waals surface area contributed by atoms with Crippen LogP contribution in [0.25, 0.3) is 0 Å². The molecule has 6 nitrogen and oxygen atoms in total. The van der Waals surface area contributed by atoms with Crippen molar-refractivity contribution in [3.8, 4) is 11.5 Å². The van der Waals surface area contributed by atoms with Crippen LogP contribution >= 0.6 is 24.0 Å². The van der Waals surface area contributed by atoms with Crippen LogP contribution in [0.5, 0.6) is 11.5 Å². The summed E-state index contributed by atoms with van der Waals surface area (Å²) in [6.07, 6.45) is 6.73. The highest BCUT2D eigenvalue weighted by molar-refractivity contribution is 14.0. The van der Waals surface area contributed by atoms with Crippen LogP contribution in [0.3, 0.4) is 0 Å². The summed E-state index contributed by atoms with van der Waals surface area (Å²) in [7, 11) is 0. The molecular weight excluding hydrogens is 457 g/mol. The summed E-state index contributed by atoms with van der Waals surface area (Å²) in [6, 6.07) is 6.22. The molecule has 0 unspecified atom stereocenters. The Morgan fingerprint density at radius 2 is 1.93 bits per heavy atom. The van der Waals surface area contributed by atoms with E-state index in [0.717, 1.165) is 50.5 Å². The van der Waals surface area contributed by atoms with Gasteiger partial charge in [0.2, 0.25) is 6.79 Å². The second-order valence-electron chi connectivity index (χ2n) is 7.15. The number of benzene rings is 1. The lowest BCUT2D eigenvalue weighted by molar-refractivity contribution is 0.0530. The molecule has 0 aromatic heterocycles. The minimum atomic E-state index is -0.0618. The molecule has 2 aliphatic heterocycles. The molecule has 0 amide bonds. The normalized spacial score (nSPS) is 18.0. The van der Waals surface area contributed by atoms with E-state index in [1.165, 1.54) is 24.8 Å². The highest BCUT2D eigenvalue weighted by Gasteiger charge is 2.35. The second-order valence-corrected chi connectivity index (χ2v) is 7.15. The van der Waals surface area contributed by atoms with E-state index < -0.39 is 0 Å². The molecule has 0 atom stereocenters. The Hall–Kier alpha value is -1.22. The summed E-state index contributed by atoms with van der Waals surface area (Å²) in [5, 5.41) is 3.24.